The van der Waals surface area contributed by atoms with Crippen LogP contribution in [0.2, 0.25) is 0 Å². The van der Waals surface area contributed by atoms with Crippen LogP contribution in [-0.4, -0.2) is 56.5 Å². The maximum absolute atomic E-state index is 14.6. The average molecular weight is 642 g/mol. The number of benzene rings is 4. The number of hydrogen-bond donors (Lipinski definition) is 1. The van der Waals surface area contributed by atoms with Crippen LogP contribution >= 0.6 is 0 Å². The molecule has 46 heavy (non-hydrogen) atoms. The van der Waals surface area contributed by atoms with Crippen LogP contribution in [0.15, 0.2) is 114 Å². The van der Waals surface area contributed by atoms with E-state index >= 15 is 0 Å². The minimum Gasteiger partial charge on any atom is -0.486 e. The van der Waals surface area contributed by atoms with Gasteiger partial charge in [0.25, 0.3) is 10.0 Å². The van der Waals surface area contributed by atoms with Gasteiger partial charge in [0.15, 0.2) is 11.5 Å². The molecule has 4 aromatic carbocycles. The molecule has 0 radical (unpaired) electrons. The van der Waals surface area contributed by atoms with Crippen molar-refractivity contribution in [2.75, 3.05) is 24.1 Å². The highest BCUT2D eigenvalue weighted by Crippen LogP contribution is 2.36. The number of carbonyl (C=O) groups is 2. The number of anilines is 1. The van der Waals surface area contributed by atoms with Crippen molar-refractivity contribution in [1.29, 1.82) is 0 Å². The van der Waals surface area contributed by atoms with Crippen molar-refractivity contribution < 1.29 is 27.5 Å². The predicted octanol–water partition coefficient (Wildman–Crippen LogP) is 5.21. The molecule has 0 saturated carbocycles. The van der Waals surface area contributed by atoms with Crippen molar-refractivity contribution in [3.63, 3.8) is 0 Å². The average Bonchev–Trinajstić information content (AvgIpc) is 3.05. The van der Waals surface area contributed by atoms with Crippen molar-refractivity contribution in [3.05, 3.63) is 120 Å². The third-order valence-electron chi connectivity index (χ3n) is 7.39. The Balaban J connectivity index is 1.58. The van der Waals surface area contributed by atoms with E-state index in [1.165, 1.54) is 17.0 Å². The van der Waals surface area contributed by atoms with Crippen molar-refractivity contribution >= 4 is 27.5 Å². The normalized spacial score (nSPS) is 13.4. The topological polar surface area (TPSA) is 105 Å². The summed E-state index contributed by atoms with van der Waals surface area (Å²) in [7, 11) is -4.23. The van der Waals surface area contributed by atoms with Gasteiger partial charge in [-0.15, -0.1) is 0 Å². The van der Waals surface area contributed by atoms with Crippen molar-refractivity contribution in [2.24, 2.45) is 0 Å². The second-order valence-corrected chi connectivity index (χ2v) is 14.0. The van der Waals surface area contributed by atoms with Crippen LogP contribution < -0.4 is 19.1 Å². The zero-order valence-electron chi connectivity index (χ0n) is 26.3. The molecule has 1 aliphatic heterocycles. The zero-order chi connectivity index (χ0) is 32.7. The molecule has 0 bridgehead atoms. The zero-order valence-corrected chi connectivity index (χ0v) is 27.1. The number of rotatable bonds is 11. The molecule has 0 aliphatic carbocycles. The van der Waals surface area contributed by atoms with Crippen LogP contribution in [0.5, 0.6) is 11.5 Å². The third kappa shape index (κ3) is 8.06. The van der Waals surface area contributed by atoms with Crippen LogP contribution in [0, 0.1) is 0 Å². The number of ether oxygens (including phenoxy) is 2. The second-order valence-electron chi connectivity index (χ2n) is 12.1. The Hall–Kier alpha value is -4.83. The maximum Gasteiger partial charge on any atom is 0.264 e. The summed E-state index contributed by atoms with van der Waals surface area (Å²) in [6.45, 7) is 5.87. The summed E-state index contributed by atoms with van der Waals surface area (Å²) in [6, 6.07) is 30.6. The Labute approximate surface area is 270 Å². The monoisotopic (exact) mass is 641 g/mol. The molecule has 1 atom stereocenters. The van der Waals surface area contributed by atoms with Gasteiger partial charge >= 0.3 is 0 Å². The summed E-state index contributed by atoms with van der Waals surface area (Å²) in [4.78, 5) is 30.1. The van der Waals surface area contributed by atoms with E-state index in [1.807, 2.05) is 81.4 Å². The number of nitrogens with zero attached hydrogens (tertiary/aromatic N) is 2. The van der Waals surface area contributed by atoms with Crippen LogP contribution in [0.25, 0.3) is 0 Å². The first kappa shape index (κ1) is 32.6. The van der Waals surface area contributed by atoms with E-state index in [2.05, 4.69) is 5.32 Å². The lowest BCUT2D eigenvalue weighted by Gasteiger charge is -2.35. The molecule has 0 aromatic heterocycles. The smallest absolute Gasteiger partial charge is 0.264 e. The van der Waals surface area contributed by atoms with E-state index in [1.54, 1.807) is 36.4 Å². The highest BCUT2D eigenvalue weighted by Gasteiger charge is 2.36. The first-order chi connectivity index (χ1) is 22.0. The fourth-order valence-corrected chi connectivity index (χ4v) is 6.65. The number of hydrogen-bond acceptors (Lipinski definition) is 6. The summed E-state index contributed by atoms with van der Waals surface area (Å²) < 4.78 is 40.9. The van der Waals surface area contributed by atoms with Gasteiger partial charge in [0.1, 0.15) is 25.8 Å². The van der Waals surface area contributed by atoms with Gasteiger partial charge in [-0.2, -0.15) is 0 Å². The summed E-state index contributed by atoms with van der Waals surface area (Å²) >= 11 is 0. The van der Waals surface area contributed by atoms with E-state index in [9.17, 15) is 18.0 Å². The fourth-order valence-electron chi connectivity index (χ4n) is 5.22. The molecule has 9 nitrogen and oxygen atoms in total. The summed E-state index contributed by atoms with van der Waals surface area (Å²) in [6.07, 6.45) is 0.233. The molecule has 0 unspecified atom stereocenters. The van der Waals surface area contributed by atoms with Gasteiger partial charge in [-0.25, -0.2) is 8.42 Å². The minimum absolute atomic E-state index is 0.0265. The molecule has 0 saturated heterocycles. The van der Waals surface area contributed by atoms with E-state index in [-0.39, 0.29) is 29.5 Å². The van der Waals surface area contributed by atoms with E-state index in [0.717, 1.165) is 15.4 Å². The summed E-state index contributed by atoms with van der Waals surface area (Å²) in [5.74, 6) is 0.00338. The van der Waals surface area contributed by atoms with Crippen molar-refractivity contribution in [2.45, 2.75) is 50.2 Å². The number of fused-ring (bicyclic) bond motifs is 1. The quantitative estimate of drug-likeness (QED) is 0.241. The molecule has 2 amide bonds. The van der Waals surface area contributed by atoms with Crippen molar-refractivity contribution in [3.8, 4) is 11.5 Å². The Kier molecular flexibility index (Phi) is 9.96. The second kappa shape index (κ2) is 14.1. The van der Waals surface area contributed by atoms with Gasteiger partial charge in [0.05, 0.1) is 10.6 Å². The molecule has 0 fully saturated rings. The molecule has 4 aromatic rings. The molecule has 0 spiro atoms. The lowest BCUT2D eigenvalue weighted by atomic mass is 10.0. The molecule has 1 N–H and O–H groups in total. The van der Waals surface area contributed by atoms with Gasteiger partial charge in [-0.1, -0.05) is 78.9 Å². The summed E-state index contributed by atoms with van der Waals surface area (Å²) in [5.41, 5.74) is 1.33. The fraction of sp³-hybridized carbons (Fsp3) is 0.278. The Morgan fingerprint density at radius 2 is 1.35 bits per heavy atom. The van der Waals surface area contributed by atoms with E-state index < -0.39 is 34.1 Å². The number of nitrogens with one attached hydrogen (secondary N) is 1. The SMILES string of the molecule is CC(C)(C)NC(=O)[C@H](Cc1ccccc1)N(Cc1ccccc1)C(=O)CN(c1ccc2c(c1)OCCO2)S(=O)(=O)c1ccccc1. The number of carbonyl (C=O) groups excluding carboxylic acids is 2. The number of sulfonamides is 1. The number of amides is 2. The molecule has 1 aliphatic rings. The minimum atomic E-state index is -4.23. The summed E-state index contributed by atoms with van der Waals surface area (Å²) in [5, 5.41) is 3.04. The highest BCUT2D eigenvalue weighted by atomic mass is 32.2. The molecule has 1 heterocycles. The lowest BCUT2D eigenvalue weighted by Crippen LogP contribution is -2.56. The van der Waals surface area contributed by atoms with E-state index in [0.29, 0.717) is 24.7 Å². The Morgan fingerprint density at radius 1 is 0.783 bits per heavy atom. The Bertz CT molecular complexity index is 1740. The van der Waals surface area contributed by atoms with Crippen LogP contribution in [0.4, 0.5) is 5.69 Å². The molecule has 240 valence electrons. The van der Waals surface area contributed by atoms with Crippen LogP contribution in [0.3, 0.4) is 0 Å². The Morgan fingerprint density at radius 3 is 1.96 bits per heavy atom. The largest absolute Gasteiger partial charge is 0.486 e. The predicted molar refractivity (Wildman–Crippen MR) is 177 cm³/mol. The van der Waals surface area contributed by atoms with Crippen LogP contribution in [-0.2, 0) is 32.6 Å². The van der Waals surface area contributed by atoms with E-state index in [4.69, 9.17) is 9.47 Å². The highest BCUT2D eigenvalue weighted by molar-refractivity contribution is 7.92. The molecular formula is C36H39N3O6S. The van der Waals surface area contributed by atoms with Crippen LogP contribution in [0.1, 0.15) is 31.9 Å². The van der Waals surface area contributed by atoms with Gasteiger partial charge in [-0.3, -0.25) is 13.9 Å². The van der Waals surface area contributed by atoms with Gasteiger partial charge in [0.2, 0.25) is 11.8 Å². The van der Waals surface area contributed by atoms with Crippen molar-refractivity contribution in [1.82, 2.24) is 10.2 Å². The standard InChI is InChI=1S/C36H39N3O6S/c1-36(2,3)37-35(41)31(23-27-13-7-4-8-14-27)38(25-28-15-9-5-10-16-28)34(40)26-39(46(42,43)30-17-11-6-12-18-30)29-19-20-32-33(24-29)45-22-21-44-32/h4-20,24,31H,21-23,25-26H2,1-3H3,(H,37,41)/t31-/m0/s1. The molecular weight excluding hydrogens is 602 g/mol. The first-order valence-corrected chi connectivity index (χ1v) is 16.6. The third-order valence-corrected chi connectivity index (χ3v) is 9.18. The molecule has 5 rings (SSSR count). The van der Waals surface area contributed by atoms with Gasteiger partial charge in [-0.05, 0) is 56.2 Å². The first-order valence-electron chi connectivity index (χ1n) is 15.2. The van der Waals surface area contributed by atoms with Gasteiger partial charge < -0.3 is 19.7 Å². The molecule has 10 heteroatoms. The lowest BCUT2D eigenvalue weighted by molar-refractivity contribution is -0.140. The van der Waals surface area contributed by atoms with Gasteiger partial charge in [0, 0.05) is 24.6 Å². The maximum atomic E-state index is 14.6.